The van der Waals surface area contributed by atoms with Gasteiger partial charge in [-0.25, -0.2) is 9.78 Å². The summed E-state index contributed by atoms with van der Waals surface area (Å²) in [5, 5.41) is 10.8. The number of ether oxygens (including phenoxy) is 6. The maximum Gasteiger partial charge on any atom is 0.253 e. The lowest BCUT2D eigenvalue weighted by Gasteiger charge is -2.23. The van der Waals surface area contributed by atoms with Crippen molar-refractivity contribution in [2.45, 2.75) is 58.5 Å². The summed E-state index contributed by atoms with van der Waals surface area (Å²) in [6.45, 7) is 14.8. The average molecular weight is 851 g/mol. The van der Waals surface area contributed by atoms with Gasteiger partial charge in [-0.2, -0.15) is 0 Å². The summed E-state index contributed by atoms with van der Waals surface area (Å²) in [6, 6.07) is 5.34. The van der Waals surface area contributed by atoms with Gasteiger partial charge in [0, 0.05) is 44.0 Å². The van der Waals surface area contributed by atoms with E-state index in [1.807, 2.05) is 0 Å². The highest BCUT2D eigenvalue weighted by atomic mass is 17.2. The lowest BCUT2D eigenvalue weighted by Crippen LogP contribution is -2.53. The molecular formula is C41H64N5O14. The van der Waals surface area contributed by atoms with E-state index in [1.165, 1.54) is 12.2 Å². The number of carbonyl (C=O) groups is 6. The second-order valence-corrected chi connectivity index (χ2v) is 13.7. The number of hydrogen-bond acceptors (Lipinski definition) is 14. The Balaban J connectivity index is 1.28. The molecule has 60 heavy (non-hydrogen) atoms. The standard InChI is InChI=1S/C41H64N5O14/c1-31(2)39(41(52)43-33(4)40(51)44-34-9-7-32(3)8-10-34)45-36(48)14-19-60-59-18-6-5-17-53-21-23-55-25-27-57-29-30-58-28-26-56-24-22-54-20-15-42-35(47)13-16-46-37(49)11-12-38(46)50/h7-12,31,33,39H,3,5-6,13-30H2,1-2,4H3,(H,42,47)(H,43,52)(H,44,51)(H,45,48)/t33-,39-/m0/s1. The molecule has 1 radical (unpaired) electrons. The number of nitrogens with zero attached hydrogens (tertiary/aromatic N) is 1. The van der Waals surface area contributed by atoms with E-state index in [1.54, 1.807) is 45.0 Å². The molecule has 6 amide bonds. The normalized spacial score (nSPS) is 13.4. The molecule has 0 saturated carbocycles. The molecule has 2 atom stereocenters. The molecule has 0 saturated heterocycles. The van der Waals surface area contributed by atoms with Crippen molar-refractivity contribution in [3.05, 3.63) is 48.9 Å². The second kappa shape index (κ2) is 32.4. The van der Waals surface area contributed by atoms with Gasteiger partial charge < -0.3 is 49.7 Å². The fourth-order valence-electron chi connectivity index (χ4n) is 5.02. The Morgan fingerprint density at radius 2 is 1.10 bits per heavy atom. The van der Waals surface area contributed by atoms with E-state index in [0.29, 0.717) is 105 Å². The highest BCUT2D eigenvalue weighted by molar-refractivity contribution is 6.13. The second-order valence-electron chi connectivity index (χ2n) is 13.7. The van der Waals surface area contributed by atoms with Crippen molar-refractivity contribution < 1.29 is 67.0 Å². The van der Waals surface area contributed by atoms with Crippen molar-refractivity contribution in [1.29, 1.82) is 0 Å². The van der Waals surface area contributed by atoms with E-state index in [-0.39, 0.29) is 49.6 Å². The zero-order chi connectivity index (χ0) is 43.8. The van der Waals surface area contributed by atoms with Crippen LogP contribution in [0.4, 0.5) is 5.69 Å². The van der Waals surface area contributed by atoms with Gasteiger partial charge in [-0.3, -0.25) is 33.7 Å². The first-order valence-corrected chi connectivity index (χ1v) is 20.3. The zero-order valence-corrected chi connectivity index (χ0v) is 35.2. The van der Waals surface area contributed by atoms with E-state index in [2.05, 4.69) is 28.2 Å². The van der Waals surface area contributed by atoms with Crippen LogP contribution in [0.2, 0.25) is 0 Å². The lowest BCUT2D eigenvalue weighted by atomic mass is 10.0. The van der Waals surface area contributed by atoms with E-state index in [0.717, 1.165) is 16.9 Å². The van der Waals surface area contributed by atoms with E-state index in [9.17, 15) is 28.8 Å². The minimum atomic E-state index is -0.827. The Hall–Kier alpha value is -4.34. The van der Waals surface area contributed by atoms with Crippen molar-refractivity contribution in [3.63, 3.8) is 0 Å². The number of imide groups is 1. The molecule has 0 aromatic heterocycles. The van der Waals surface area contributed by atoms with E-state index in [4.69, 9.17) is 38.2 Å². The maximum absolute atomic E-state index is 12.9. The van der Waals surface area contributed by atoms with Crippen LogP contribution < -0.4 is 21.3 Å². The van der Waals surface area contributed by atoms with Gasteiger partial charge >= 0.3 is 0 Å². The van der Waals surface area contributed by atoms with Crippen LogP contribution >= 0.6 is 0 Å². The van der Waals surface area contributed by atoms with Crippen LogP contribution in [0.1, 0.15) is 52.0 Å². The van der Waals surface area contributed by atoms with Crippen LogP contribution in [-0.2, 0) is 67.0 Å². The molecule has 1 aromatic carbocycles. The summed E-state index contributed by atoms with van der Waals surface area (Å²) in [5.74, 6) is -2.51. The molecule has 19 heteroatoms. The smallest absolute Gasteiger partial charge is 0.253 e. The van der Waals surface area contributed by atoms with Crippen LogP contribution in [0.25, 0.3) is 0 Å². The summed E-state index contributed by atoms with van der Waals surface area (Å²) in [5.41, 5.74) is 1.40. The Kier molecular flexibility index (Phi) is 28.0. The van der Waals surface area contributed by atoms with Gasteiger partial charge in [0.15, 0.2) is 0 Å². The largest absolute Gasteiger partial charge is 0.379 e. The van der Waals surface area contributed by atoms with Gasteiger partial charge in [0.25, 0.3) is 11.8 Å². The van der Waals surface area contributed by atoms with E-state index < -0.39 is 29.8 Å². The molecule has 2 rings (SSSR count). The van der Waals surface area contributed by atoms with Gasteiger partial charge in [0.05, 0.1) is 92.3 Å². The van der Waals surface area contributed by atoms with Crippen LogP contribution in [-0.4, -0.2) is 158 Å². The summed E-state index contributed by atoms with van der Waals surface area (Å²) in [4.78, 5) is 83.9. The number of nitrogens with one attached hydrogen (secondary N) is 4. The van der Waals surface area contributed by atoms with Crippen LogP contribution in [0.15, 0.2) is 36.4 Å². The first kappa shape index (κ1) is 51.8. The molecular weight excluding hydrogens is 786 g/mol. The highest BCUT2D eigenvalue weighted by Crippen LogP contribution is 2.10. The molecule has 1 aliphatic rings. The quantitative estimate of drug-likeness (QED) is 0.0321. The number of anilines is 1. The van der Waals surface area contributed by atoms with Gasteiger partial charge in [0.1, 0.15) is 12.1 Å². The fraction of sp³-hybridized carbons (Fsp3) is 0.634. The highest BCUT2D eigenvalue weighted by Gasteiger charge is 2.27. The van der Waals surface area contributed by atoms with Crippen LogP contribution in [0.3, 0.4) is 0 Å². The third-order valence-electron chi connectivity index (χ3n) is 8.39. The molecule has 19 nitrogen and oxygen atoms in total. The lowest BCUT2D eigenvalue weighted by molar-refractivity contribution is -0.294. The predicted octanol–water partition coefficient (Wildman–Crippen LogP) is 1.10. The Morgan fingerprint density at radius 1 is 0.600 bits per heavy atom. The fourth-order valence-corrected chi connectivity index (χ4v) is 5.02. The molecule has 1 aromatic rings. The molecule has 0 fully saturated rings. The van der Waals surface area contributed by atoms with Crippen LogP contribution in [0.5, 0.6) is 0 Å². The van der Waals surface area contributed by atoms with Gasteiger partial charge in [0.2, 0.25) is 23.6 Å². The minimum absolute atomic E-state index is 0.00344. The summed E-state index contributed by atoms with van der Waals surface area (Å²) in [7, 11) is 0. The first-order valence-electron chi connectivity index (χ1n) is 20.3. The number of unbranched alkanes of at least 4 members (excludes halogenated alkanes) is 1. The molecule has 1 aliphatic heterocycles. The summed E-state index contributed by atoms with van der Waals surface area (Å²) < 4.78 is 32.8. The molecule has 4 N–H and O–H groups in total. The molecule has 0 spiro atoms. The van der Waals surface area contributed by atoms with Crippen molar-refractivity contribution in [3.8, 4) is 0 Å². The Bertz CT molecular complexity index is 1430. The number of rotatable bonds is 36. The molecule has 337 valence electrons. The van der Waals surface area contributed by atoms with Crippen molar-refractivity contribution in [1.82, 2.24) is 20.9 Å². The number of hydrogen-bond donors (Lipinski definition) is 4. The third kappa shape index (κ3) is 24.7. The predicted molar refractivity (Wildman–Crippen MR) is 218 cm³/mol. The first-order chi connectivity index (χ1) is 29.0. The number of carbonyl (C=O) groups excluding carboxylic acids is 6. The summed E-state index contributed by atoms with van der Waals surface area (Å²) in [6.07, 6.45) is 3.86. The maximum atomic E-state index is 12.9. The van der Waals surface area contributed by atoms with E-state index >= 15 is 0 Å². The topological polar surface area (TPSA) is 228 Å². The van der Waals surface area contributed by atoms with Crippen molar-refractivity contribution in [2.75, 3.05) is 111 Å². The minimum Gasteiger partial charge on any atom is -0.379 e. The van der Waals surface area contributed by atoms with Crippen molar-refractivity contribution >= 4 is 41.1 Å². The Labute approximate surface area is 352 Å². The Morgan fingerprint density at radius 3 is 1.65 bits per heavy atom. The van der Waals surface area contributed by atoms with Crippen LogP contribution in [0, 0.1) is 12.8 Å². The SMILES string of the molecule is [CH2]c1ccc(NC(=O)[C@H](C)NC(=O)[C@@H](NC(=O)CCOOCCCCOCCOCCOCCOCCOCCOCCNC(=O)CCN2C(=O)C=CC2=O)C(C)C)cc1. The third-order valence-corrected chi connectivity index (χ3v) is 8.39. The average Bonchev–Trinajstić information content (AvgIpc) is 3.54. The summed E-state index contributed by atoms with van der Waals surface area (Å²) >= 11 is 0. The van der Waals surface area contributed by atoms with Gasteiger partial charge in [-0.05, 0) is 50.3 Å². The molecule has 0 aliphatic carbocycles. The van der Waals surface area contributed by atoms with Crippen molar-refractivity contribution in [2.24, 2.45) is 5.92 Å². The zero-order valence-electron chi connectivity index (χ0n) is 35.2. The van der Waals surface area contributed by atoms with Gasteiger partial charge in [-0.15, -0.1) is 0 Å². The van der Waals surface area contributed by atoms with Gasteiger partial charge in [-0.1, -0.05) is 26.0 Å². The molecule has 0 bridgehead atoms. The number of amides is 6. The monoisotopic (exact) mass is 850 g/mol. The molecule has 1 heterocycles. The number of benzene rings is 1. The molecule has 0 unspecified atom stereocenters.